The third-order valence-electron chi connectivity index (χ3n) is 2.86. The lowest BCUT2D eigenvalue weighted by molar-refractivity contribution is -0.129. The highest BCUT2D eigenvalue weighted by molar-refractivity contribution is 5.73. The van der Waals surface area contributed by atoms with E-state index in [1.165, 1.54) is 12.8 Å². The van der Waals surface area contributed by atoms with Gasteiger partial charge in [0.05, 0.1) is 11.7 Å². The van der Waals surface area contributed by atoms with Crippen LogP contribution in [0.15, 0.2) is 0 Å². The Morgan fingerprint density at radius 2 is 2.23 bits per heavy atom. The molecule has 1 saturated heterocycles. The molecule has 0 bridgehead atoms. The van der Waals surface area contributed by atoms with Crippen molar-refractivity contribution in [3.63, 3.8) is 0 Å². The summed E-state index contributed by atoms with van der Waals surface area (Å²) in [5.41, 5.74) is -0.0627. The number of ether oxygens (including phenoxy) is 1. The van der Waals surface area contributed by atoms with Crippen LogP contribution in [-0.4, -0.2) is 35.6 Å². The average Bonchev–Trinajstić information content (AvgIpc) is 2.73. The van der Waals surface area contributed by atoms with E-state index < -0.39 is 0 Å². The molecule has 0 aromatic carbocycles. The minimum Gasteiger partial charge on any atom is -0.370 e. The Hall–Kier alpha value is -0.570. The molecule has 1 heterocycles. The van der Waals surface area contributed by atoms with Crippen molar-refractivity contribution in [2.24, 2.45) is 0 Å². The SMILES string of the molecule is CC(=O)N1CCC(C)(OC2CC2)C1. The number of hydrogen-bond donors (Lipinski definition) is 0. The monoisotopic (exact) mass is 183 g/mol. The van der Waals surface area contributed by atoms with Gasteiger partial charge in [0.15, 0.2) is 0 Å². The third-order valence-corrected chi connectivity index (χ3v) is 2.86. The molecule has 0 spiro atoms. The van der Waals surface area contributed by atoms with E-state index in [4.69, 9.17) is 4.74 Å². The van der Waals surface area contributed by atoms with Crippen molar-refractivity contribution in [1.29, 1.82) is 0 Å². The van der Waals surface area contributed by atoms with E-state index in [-0.39, 0.29) is 11.5 Å². The van der Waals surface area contributed by atoms with Crippen LogP contribution in [-0.2, 0) is 9.53 Å². The van der Waals surface area contributed by atoms with Gasteiger partial charge < -0.3 is 9.64 Å². The van der Waals surface area contributed by atoms with Crippen LogP contribution < -0.4 is 0 Å². The van der Waals surface area contributed by atoms with Gasteiger partial charge in [-0.1, -0.05) is 0 Å². The molecular weight excluding hydrogens is 166 g/mol. The van der Waals surface area contributed by atoms with Gasteiger partial charge in [0.25, 0.3) is 0 Å². The summed E-state index contributed by atoms with van der Waals surface area (Å²) in [5.74, 6) is 0.170. The Kier molecular flexibility index (Phi) is 2.06. The minimum atomic E-state index is -0.0627. The fourth-order valence-electron chi connectivity index (χ4n) is 1.89. The number of carbonyl (C=O) groups excluding carboxylic acids is 1. The van der Waals surface area contributed by atoms with Crippen molar-refractivity contribution in [1.82, 2.24) is 4.90 Å². The maximum absolute atomic E-state index is 11.1. The van der Waals surface area contributed by atoms with Crippen molar-refractivity contribution in [3.05, 3.63) is 0 Å². The van der Waals surface area contributed by atoms with Crippen LogP contribution in [0.4, 0.5) is 0 Å². The van der Waals surface area contributed by atoms with Crippen molar-refractivity contribution in [2.45, 2.75) is 44.8 Å². The highest BCUT2D eigenvalue weighted by atomic mass is 16.5. The highest BCUT2D eigenvalue weighted by Crippen LogP contribution is 2.34. The molecule has 13 heavy (non-hydrogen) atoms. The van der Waals surface area contributed by atoms with Crippen LogP contribution in [0.25, 0.3) is 0 Å². The molecule has 1 aliphatic carbocycles. The van der Waals surface area contributed by atoms with E-state index in [1.807, 2.05) is 4.90 Å². The standard InChI is InChI=1S/C10H17NO2/c1-8(12)11-6-5-10(2,7-11)13-9-3-4-9/h9H,3-7H2,1-2H3. The molecule has 1 saturated carbocycles. The summed E-state index contributed by atoms with van der Waals surface area (Å²) in [7, 11) is 0. The smallest absolute Gasteiger partial charge is 0.219 e. The predicted molar refractivity (Wildman–Crippen MR) is 49.4 cm³/mol. The van der Waals surface area contributed by atoms with Gasteiger partial charge in [0.1, 0.15) is 0 Å². The van der Waals surface area contributed by atoms with E-state index in [0.29, 0.717) is 6.10 Å². The van der Waals surface area contributed by atoms with Gasteiger partial charge in [-0.15, -0.1) is 0 Å². The number of carbonyl (C=O) groups is 1. The minimum absolute atomic E-state index is 0.0627. The Bertz CT molecular complexity index is 225. The molecule has 2 fully saturated rings. The van der Waals surface area contributed by atoms with Gasteiger partial charge in [0, 0.05) is 20.0 Å². The van der Waals surface area contributed by atoms with Gasteiger partial charge >= 0.3 is 0 Å². The molecule has 2 rings (SSSR count). The van der Waals surface area contributed by atoms with Gasteiger partial charge in [-0.05, 0) is 26.2 Å². The zero-order valence-corrected chi connectivity index (χ0v) is 8.38. The lowest BCUT2D eigenvalue weighted by atomic mass is 10.1. The summed E-state index contributed by atoms with van der Waals surface area (Å²) < 4.78 is 5.90. The van der Waals surface area contributed by atoms with Crippen molar-refractivity contribution >= 4 is 5.91 Å². The maximum atomic E-state index is 11.1. The largest absolute Gasteiger partial charge is 0.370 e. The normalized spacial score (nSPS) is 33.8. The lowest BCUT2D eigenvalue weighted by Gasteiger charge is -2.24. The molecule has 1 amide bonds. The first-order chi connectivity index (χ1) is 6.09. The van der Waals surface area contributed by atoms with E-state index in [0.717, 1.165) is 19.5 Å². The topological polar surface area (TPSA) is 29.5 Å². The van der Waals surface area contributed by atoms with Gasteiger partial charge in [-0.3, -0.25) is 4.79 Å². The highest BCUT2D eigenvalue weighted by Gasteiger charge is 2.40. The van der Waals surface area contributed by atoms with Crippen LogP contribution in [0.2, 0.25) is 0 Å². The van der Waals surface area contributed by atoms with E-state index >= 15 is 0 Å². The summed E-state index contributed by atoms with van der Waals surface area (Å²) in [6, 6.07) is 0. The molecule has 74 valence electrons. The first-order valence-corrected chi connectivity index (χ1v) is 5.02. The molecule has 3 heteroatoms. The average molecular weight is 183 g/mol. The van der Waals surface area contributed by atoms with Crippen molar-refractivity contribution in [2.75, 3.05) is 13.1 Å². The summed E-state index contributed by atoms with van der Waals surface area (Å²) in [6.45, 7) is 5.38. The molecule has 0 N–H and O–H groups in total. The molecule has 1 unspecified atom stereocenters. The Morgan fingerprint density at radius 3 is 2.69 bits per heavy atom. The van der Waals surface area contributed by atoms with E-state index in [1.54, 1.807) is 6.92 Å². The second-order valence-corrected chi connectivity index (χ2v) is 4.46. The van der Waals surface area contributed by atoms with Crippen LogP contribution in [0.5, 0.6) is 0 Å². The molecule has 0 aromatic rings. The summed E-state index contributed by atoms with van der Waals surface area (Å²) in [5, 5.41) is 0. The quantitative estimate of drug-likeness (QED) is 0.643. The van der Waals surface area contributed by atoms with Crippen LogP contribution in [0.3, 0.4) is 0 Å². The molecule has 1 atom stereocenters. The number of likely N-dealkylation sites (tertiary alicyclic amines) is 1. The van der Waals surface area contributed by atoms with Crippen LogP contribution in [0, 0.1) is 0 Å². The van der Waals surface area contributed by atoms with Crippen LogP contribution >= 0.6 is 0 Å². The van der Waals surface area contributed by atoms with E-state index in [2.05, 4.69) is 6.92 Å². The maximum Gasteiger partial charge on any atom is 0.219 e. The fourth-order valence-corrected chi connectivity index (χ4v) is 1.89. The number of amides is 1. The zero-order valence-electron chi connectivity index (χ0n) is 8.38. The number of nitrogens with zero attached hydrogens (tertiary/aromatic N) is 1. The Morgan fingerprint density at radius 1 is 1.54 bits per heavy atom. The van der Waals surface area contributed by atoms with Gasteiger partial charge in [-0.2, -0.15) is 0 Å². The Labute approximate surface area is 79.0 Å². The molecule has 0 aromatic heterocycles. The molecule has 2 aliphatic rings. The molecule has 0 radical (unpaired) electrons. The number of hydrogen-bond acceptors (Lipinski definition) is 2. The lowest BCUT2D eigenvalue weighted by Crippen LogP contribution is -2.35. The molecule has 1 aliphatic heterocycles. The summed E-state index contributed by atoms with van der Waals surface area (Å²) in [6.07, 6.45) is 3.88. The summed E-state index contributed by atoms with van der Waals surface area (Å²) >= 11 is 0. The zero-order chi connectivity index (χ0) is 9.47. The van der Waals surface area contributed by atoms with Crippen molar-refractivity contribution in [3.8, 4) is 0 Å². The van der Waals surface area contributed by atoms with Crippen molar-refractivity contribution < 1.29 is 9.53 Å². The van der Waals surface area contributed by atoms with E-state index in [9.17, 15) is 4.79 Å². The van der Waals surface area contributed by atoms with Gasteiger partial charge in [-0.25, -0.2) is 0 Å². The molecular formula is C10H17NO2. The first-order valence-electron chi connectivity index (χ1n) is 5.02. The fraction of sp³-hybridized carbons (Fsp3) is 0.900. The first kappa shape index (κ1) is 9.00. The molecule has 3 nitrogen and oxygen atoms in total. The predicted octanol–water partition coefficient (Wildman–Crippen LogP) is 1.18. The number of rotatable bonds is 2. The van der Waals surface area contributed by atoms with Gasteiger partial charge in [0.2, 0.25) is 5.91 Å². The third kappa shape index (κ3) is 2.02. The second kappa shape index (κ2) is 2.98. The Balaban J connectivity index is 1.90. The second-order valence-electron chi connectivity index (χ2n) is 4.46. The van der Waals surface area contributed by atoms with Crippen LogP contribution in [0.1, 0.15) is 33.1 Å². The summed E-state index contributed by atoms with van der Waals surface area (Å²) in [4.78, 5) is 13.0.